The molecule has 0 aromatic heterocycles. The van der Waals surface area contributed by atoms with Crippen molar-refractivity contribution in [1.29, 1.82) is 0 Å². The van der Waals surface area contributed by atoms with Gasteiger partial charge in [0.15, 0.2) is 11.5 Å². The zero-order valence-electron chi connectivity index (χ0n) is 9.38. The van der Waals surface area contributed by atoms with Crippen LogP contribution in [0.15, 0.2) is 12.1 Å². The van der Waals surface area contributed by atoms with Crippen LogP contribution < -0.4 is 14.8 Å². The Bertz CT molecular complexity index is 368. The largest absolute Gasteiger partial charge is 0.486 e. The number of hydrogen-bond acceptors (Lipinski definition) is 3. The van der Waals surface area contributed by atoms with E-state index in [9.17, 15) is 4.39 Å². The maximum atomic E-state index is 12.7. The molecule has 16 heavy (non-hydrogen) atoms. The molecule has 1 N–H and O–H groups in total. The summed E-state index contributed by atoms with van der Waals surface area (Å²) in [7, 11) is 1.89. The molecule has 0 spiro atoms. The molecule has 2 rings (SSSR count). The van der Waals surface area contributed by atoms with Crippen molar-refractivity contribution >= 4 is 0 Å². The molecular formula is C12H16FNO2. The van der Waals surface area contributed by atoms with Crippen molar-refractivity contribution in [2.24, 2.45) is 0 Å². The molecule has 0 unspecified atom stereocenters. The molecule has 0 amide bonds. The smallest absolute Gasteiger partial charge is 0.164 e. The summed E-state index contributed by atoms with van der Waals surface area (Å²) in [5.41, 5.74) is 1.66. The third-order valence-electron chi connectivity index (χ3n) is 2.58. The highest BCUT2D eigenvalue weighted by Crippen LogP contribution is 2.35. The molecule has 0 bridgehead atoms. The molecule has 3 nitrogen and oxygen atoms in total. The van der Waals surface area contributed by atoms with Crippen LogP contribution in [0.2, 0.25) is 0 Å². The Kier molecular flexibility index (Phi) is 3.62. The molecule has 1 heterocycles. The third kappa shape index (κ3) is 2.27. The van der Waals surface area contributed by atoms with Gasteiger partial charge in [-0.25, -0.2) is 4.39 Å². The van der Waals surface area contributed by atoms with Gasteiger partial charge in [-0.15, -0.1) is 0 Å². The van der Waals surface area contributed by atoms with Gasteiger partial charge in [-0.05, 0) is 43.3 Å². The zero-order valence-corrected chi connectivity index (χ0v) is 9.38. The Morgan fingerprint density at radius 2 is 2.12 bits per heavy atom. The lowest BCUT2D eigenvalue weighted by molar-refractivity contribution is 0.169. The van der Waals surface area contributed by atoms with Crippen LogP contribution in [0.5, 0.6) is 11.5 Å². The van der Waals surface area contributed by atoms with E-state index < -0.39 is 6.67 Å². The molecule has 88 valence electrons. The second-order valence-electron chi connectivity index (χ2n) is 3.77. The molecule has 1 aromatic rings. The first kappa shape index (κ1) is 11.2. The van der Waals surface area contributed by atoms with E-state index in [1.165, 1.54) is 0 Å². The SMILES string of the molecule is CNCCc1cc(CF)cc2c1OCCO2. The van der Waals surface area contributed by atoms with Gasteiger partial charge in [0.2, 0.25) is 0 Å². The molecule has 1 aromatic carbocycles. The Morgan fingerprint density at radius 3 is 2.88 bits per heavy atom. The topological polar surface area (TPSA) is 30.5 Å². The number of hydrogen-bond donors (Lipinski definition) is 1. The predicted octanol–water partition coefficient (Wildman–Crippen LogP) is 1.69. The average Bonchev–Trinajstić information content (AvgIpc) is 2.35. The van der Waals surface area contributed by atoms with Crippen molar-refractivity contribution < 1.29 is 13.9 Å². The minimum Gasteiger partial charge on any atom is -0.486 e. The third-order valence-corrected chi connectivity index (χ3v) is 2.58. The van der Waals surface area contributed by atoms with Crippen molar-refractivity contribution in [2.45, 2.75) is 13.1 Å². The average molecular weight is 225 g/mol. The van der Waals surface area contributed by atoms with Gasteiger partial charge in [-0.1, -0.05) is 0 Å². The summed E-state index contributed by atoms with van der Waals surface area (Å²) in [6.45, 7) is 1.47. The van der Waals surface area contributed by atoms with E-state index in [1.54, 1.807) is 6.07 Å². The summed E-state index contributed by atoms with van der Waals surface area (Å²) >= 11 is 0. The van der Waals surface area contributed by atoms with E-state index in [0.29, 0.717) is 24.5 Å². The van der Waals surface area contributed by atoms with Gasteiger partial charge in [-0.2, -0.15) is 0 Å². The molecule has 1 aliphatic rings. The molecule has 4 heteroatoms. The van der Waals surface area contributed by atoms with E-state index in [4.69, 9.17) is 9.47 Å². The Morgan fingerprint density at radius 1 is 1.31 bits per heavy atom. The monoisotopic (exact) mass is 225 g/mol. The lowest BCUT2D eigenvalue weighted by Crippen LogP contribution is -2.18. The standard InChI is InChI=1S/C12H16FNO2/c1-14-3-2-10-6-9(8-13)7-11-12(10)16-5-4-15-11/h6-7,14H,2-5,8H2,1H3. The van der Waals surface area contributed by atoms with E-state index in [1.807, 2.05) is 13.1 Å². The van der Waals surface area contributed by atoms with E-state index in [-0.39, 0.29) is 0 Å². The molecule has 1 aliphatic heterocycles. The minimum atomic E-state index is -0.469. The molecule has 0 radical (unpaired) electrons. The number of fused-ring (bicyclic) bond motifs is 1. The molecule has 0 aliphatic carbocycles. The van der Waals surface area contributed by atoms with Crippen LogP contribution >= 0.6 is 0 Å². The summed E-state index contributed by atoms with van der Waals surface area (Å²) in [5, 5.41) is 3.07. The first-order valence-corrected chi connectivity index (χ1v) is 5.47. The van der Waals surface area contributed by atoms with Gasteiger partial charge < -0.3 is 14.8 Å². The van der Waals surface area contributed by atoms with Crippen LogP contribution in [0.3, 0.4) is 0 Å². The van der Waals surface area contributed by atoms with Gasteiger partial charge in [0, 0.05) is 0 Å². The lowest BCUT2D eigenvalue weighted by Gasteiger charge is -2.22. The lowest BCUT2D eigenvalue weighted by atomic mass is 10.1. The maximum absolute atomic E-state index is 12.7. The van der Waals surface area contributed by atoms with Crippen molar-refractivity contribution in [3.8, 4) is 11.5 Å². The van der Waals surface area contributed by atoms with Crippen molar-refractivity contribution in [3.05, 3.63) is 23.3 Å². The second kappa shape index (κ2) is 5.16. The van der Waals surface area contributed by atoms with Gasteiger partial charge >= 0.3 is 0 Å². The van der Waals surface area contributed by atoms with Crippen molar-refractivity contribution in [3.63, 3.8) is 0 Å². The summed E-state index contributed by atoms with van der Waals surface area (Å²) < 4.78 is 23.7. The van der Waals surface area contributed by atoms with E-state index >= 15 is 0 Å². The maximum Gasteiger partial charge on any atom is 0.164 e. The first-order chi connectivity index (χ1) is 7.85. The van der Waals surface area contributed by atoms with Gasteiger partial charge in [-0.3, -0.25) is 0 Å². The van der Waals surface area contributed by atoms with Crippen LogP contribution in [0.1, 0.15) is 11.1 Å². The second-order valence-corrected chi connectivity index (χ2v) is 3.77. The minimum absolute atomic E-state index is 0.469. The van der Waals surface area contributed by atoms with Crippen LogP contribution in [-0.2, 0) is 13.1 Å². The number of rotatable bonds is 4. The zero-order chi connectivity index (χ0) is 11.4. The Labute approximate surface area is 94.6 Å². The van der Waals surface area contributed by atoms with Crippen LogP contribution in [0.25, 0.3) is 0 Å². The number of nitrogens with one attached hydrogen (secondary N) is 1. The van der Waals surface area contributed by atoms with Gasteiger partial charge in [0.25, 0.3) is 0 Å². The molecule has 0 saturated heterocycles. The summed E-state index contributed by atoms with van der Waals surface area (Å²) in [6, 6.07) is 3.57. The van der Waals surface area contributed by atoms with Crippen LogP contribution in [0, 0.1) is 0 Å². The highest BCUT2D eigenvalue weighted by atomic mass is 19.1. The van der Waals surface area contributed by atoms with E-state index in [0.717, 1.165) is 24.3 Å². The van der Waals surface area contributed by atoms with Crippen molar-refractivity contribution in [2.75, 3.05) is 26.8 Å². The van der Waals surface area contributed by atoms with Gasteiger partial charge in [0.1, 0.15) is 19.9 Å². The fourth-order valence-corrected chi connectivity index (χ4v) is 1.81. The number of likely N-dealkylation sites (N-methyl/N-ethyl adjacent to an activating group) is 1. The molecule has 0 atom stereocenters. The highest BCUT2D eigenvalue weighted by Gasteiger charge is 2.17. The first-order valence-electron chi connectivity index (χ1n) is 5.47. The summed E-state index contributed by atoms with van der Waals surface area (Å²) in [5.74, 6) is 1.45. The number of benzene rings is 1. The van der Waals surface area contributed by atoms with Crippen LogP contribution in [-0.4, -0.2) is 26.8 Å². The number of alkyl halides is 1. The molecule has 0 fully saturated rings. The van der Waals surface area contributed by atoms with Crippen molar-refractivity contribution in [1.82, 2.24) is 5.32 Å². The summed E-state index contributed by atoms with van der Waals surface area (Å²) in [6.07, 6.45) is 0.816. The number of ether oxygens (including phenoxy) is 2. The van der Waals surface area contributed by atoms with Crippen LogP contribution in [0.4, 0.5) is 4.39 Å². The van der Waals surface area contributed by atoms with E-state index in [2.05, 4.69) is 5.32 Å². The Balaban J connectivity index is 2.31. The summed E-state index contributed by atoms with van der Waals surface area (Å²) in [4.78, 5) is 0. The normalized spacial score (nSPS) is 13.9. The Hall–Kier alpha value is -1.29. The quantitative estimate of drug-likeness (QED) is 0.845. The molecular weight excluding hydrogens is 209 g/mol. The highest BCUT2D eigenvalue weighted by molar-refractivity contribution is 5.50. The fourth-order valence-electron chi connectivity index (χ4n) is 1.81. The molecule has 0 saturated carbocycles. The van der Waals surface area contributed by atoms with Gasteiger partial charge in [0.05, 0.1) is 0 Å². The predicted molar refractivity (Wildman–Crippen MR) is 59.9 cm³/mol. The number of halogens is 1. The fraction of sp³-hybridized carbons (Fsp3) is 0.500.